The van der Waals surface area contributed by atoms with E-state index < -0.39 is 184 Å². The van der Waals surface area contributed by atoms with Crippen LogP contribution < -0.4 is 39.7 Å². The molecule has 0 saturated carbocycles. The van der Waals surface area contributed by atoms with Crippen LogP contribution in [0.25, 0.3) is 22.3 Å². The number of nitrogens with zero attached hydrogens (tertiary/aromatic N) is 10. The summed E-state index contributed by atoms with van der Waals surface area (Å²) in [5.74, 6) is -0.388. The second kappa shape index (κ2) is 26.8. The molecule has 0 amide bonds. The summed E-state index contributed by atoms with van der Waals surface area (Å²) in [4.78, 5) is 125. The summed E-state index contributed by atoms with van der Waals surface area (Å²) in [7, 11) is -8.11. The van der Waals surface area contributed by atoms with E-state index in [0.29, 0.717) is 0 Å². The molecule has 6 aromatic heterocycles. The van der Waals surface area contributed by atoms with Crippen LogP contribution in [0.1, 0.15) is 51.6 Å². The molecule has 4 aliphatic heterocycles. The third kappa shape index (κ3) is 14.9. The highest BCUT2D eigenvalue weighted by atomic mass is 32.5. The number of ether oxygens (including phenoxy) is 6. The summed E-state index contributed by atoms with van der Waals surface area (Å²) < 4.78 is 121. The van der Waals surface area contributed by atoms with Gasteiger partial charge in [-0.3, -0.25) is 60.4 Å². The van der Waals surface area contributed by atoms with E-state index in [-0.39, 0.29) is 51.9 Å². The lowest BCUT2D eigenvalue weighted by Gasteiger charge is -2.29. The minimum Gasteiger partial charge on any atom is -0.394 e. The van der Waals surface area contributed by atoms with E-state index in [1.54, 1.807) is 0 Å². The lowest BCUT2D eigenvalue weighted by atomic mass is 10.1. The van der Waals surface area contributed by atoms with Crippen LogP contribution >= 0.6 is 29.1 Å². The molecule has 0 radical (unpaired) electrons. The third-order valence-electron chi connectivity index (χ3n) is 14.1. The molecular weight excluding hydrogens is 1310 g/mol. The van der Waals surface area contributed by atoms with Crippen molar-refractivity contribution in [2.75, 3.05) is 64.5 Å². The third-order valence-corrected chi connectivity index (χ3v) is 19.3. The number of H-pyrrole nitrogens is 2. The number of nitrogens with two attached hydrogens (primary N) is 3. The van der Waals surface area contributed by atoms with Crippen molar-refractivity contribution >= 4 is 92.6 Å². The van der Waals surface area contributed by atoms with Gasteiger partial charge in [0.1, 0.15) is 78.9 Å². The molecule has 0 bridgehead atoms. The van der Waals surface area contributed by atoms with Gasteiger partial charge in [0, 0.05) is 46.4 Å². The van der Waals surface area contributed by atoms with Crippen LogP contribution in [0, 0.1) is 6.92 Å². The van der Waals surface area contributed by atoms with Crippen molar-refractivity contribution in [1.82, 2.24) is 58.1 Å². The van der Waals surface area contributed by atoms with Gasteiger partial charge in [0.05, 0.1) is 57.9 Å². The van der Waals surface area contributed by atoms with Gasteiger partial charge in [0.15, 0.2) is 35.1 Å². The van der Waals surface area contributed by atoms with Gasteiger partial charge in [0.25, 0.3) is 11.1 Å². The summed E-state index contributed by atoms with van der Waals surface area (Å²) >= 11 is 11.0. The number of aromatic nitrogens is 12. The predicted octanol–water partition coefficient (Wildman–Crippen LogP) is -1.52. The van der Waals surface area contributed by atoms with Crippen LogP contribution in [0.5, 0.6) is 0 Å². The smallest absolute Gasteiger partial charge is 0.394 e. The molecule has 0 spiro atoms. The maximum atomic E-state index is 14.3. The molecule has 10 rings (SSSR count). The van der Waals surface area contributed by atoms with E-state index in [1.165, 1.54) is 41.8 Å². The highest BCUT2D eigenvalue weighted by Gasteiger charge is 2.54. The number of hydrogen-bond acceptors (Lipinski definition) is 32. The number of aromatic amines is 2. The largest absolute Gasteiger partial charge is 0.472 e. The first-order valence-electron chi connectivity index (χ1n) is 26.8. The second-order valence-corrected chi connectivity index (χ2v) is 28.3. The topological polar surface area (TPSA) is 539 Å². The Balaban J connectivity index is 0.902. The van der Waals surface area contributed by atoms with Gasteiger partial charge in [-0.25, -0.2) is 38.7 Å². The quantitative estimate of drug-likeness (QED) is 0.0276. The molecule has 0 aromatic carbocycles. The number of fused-ring (bicyclic) bond motifs is 2. The monoisotopic (exact) mass is 1370 g/mol. The van der Waals surface area contributed by atoms with Gasteiger partial charge in [-0.05, 0) is 43.5 Å². The number of phosphoric ester groups is 2. The molecular formula is C43H59N15O25P4S2. The van der Waals surface area contributed by atoms with Gasteiger partial charge in [-0.2, -0.15) is 9.97 Å². The Labute approximate surface area is 510 Å². The average Bonchev–Trinajstić information content (AvgIpc) is 1.71. The minimum atomic E-state index is -5.51. The first-order chi connectivity index (χ1) is 42.6. The first kappa shape index (κ1) is 65.4. The molecule has 4 fully saturated rings. The van der Waals surface area contributed by atoms with E-state index in [0.717, 1.165) is 35.1 Å². The zero-order chi connectivity index (χ0) is 64.8. The zero-order valence-electron chi connectivity index (χ0n) is 47.4. The van der Waals surface area contributed by atoms with Gasteiger partial charge in [-0.1, -0.05) is 0 Å². The van der Waals surface area contributed by atoms with Crippen LogP contribution in [0.4, 0.5) is 17.6 Å². The molecule has 8 unspecified atom stereocenters. The Kier molecular flexibility index (Phi) is 19.7. The lowest BCUT2D eigenvalue weighted by Crippen LogP contribution is -2.39. The maximum absolute atomic E-state index is 14.3. The van der Waals surface area contributed by atoms with Crippen molar-refractivity contribution in [3.05, 3.63) is 84.7 Å². The fourth-order valence-electron chi connectivity index (χ4n) is 10.1. The summed E-state index contributed by atoms with van der Waals surface area (Å²) in [6, 6.07) is 1.37. The highest BCUT2D eigenvalue weighted by Crippen LogP contribution is 2.55. The second-order valence-electron chi connectivity index (χ2n) is 19.9. The number of imidazole rings is 2. The summed E-state index contributed by atoms with van der Waals surface area (Å²) in [5.41, 5.74) is 14.4. The van der Waals surface area contributed by atoms with Gasteiger partial charge in [0.2, 0.25) is 5.95 Å². The van der Waals surface area contributed by atoms with Crippen LogP contribution in [-0.4, -0.2) is 191 Å². The zero-order valence-corrected chi connectivity index (χ0v) is 51.6. The van der Waals surface area contributed by atoms with Crippen molar-refractivity contribution in [2.24, 2.45) is 0 Å². The molecule has 10 heterocycles. The number of aliphatic hydroxyl groups excluding tert-OH is 1. The van der Waals surface area contributed by atoms with Crippen molar-refractivity contribution < 1.29 is 99.8 Å². The number of phosphoric acid groups is 2. The van der Waals surface area contributed by atoms with E-state index in [1.807, 2.05) is 0 Å². The Morgan fingerprint density at radius 3 is 1.94 bits per heavy atom. The molecule has 13 N–H and O–H groups in total. The van der Waals surface area contributed by atoms with E-state index in [2.05, 4.69) is 39.9 Å². The van der Waals surface area contributed by atoms with E-state index in [4.69, 9.17) is 107 Å². The van der Waals surface area contributed by atoms with Crippen molar-refractivity contribution in [3.8, 4) is 0 Å². The summed E-state index contributed by atoms with van der Waals surface area (Å²) in [5, 5.41) is 9.23. The van der Waals surface area contributed by atoms with Crippen molar-refractivity contribution in [2.45, 2.75) is 113 Å². The maximum Gasteiger partial charge on any atom is 0.472 e. The van der Waals surface area contributed by atoms with Gasteiger partial charge < -0.3 is 83.9 Å². The van der Waals surface area contributed by atoms with Crippen molar-refractivity contribution in [3.63, 3.8) is 0 Å². The molecule has 6 aromatic rings. The molecule has 4 saturated heterocycles. The standard InChI is InChI=1S/C43H59N15O25P4S2/c1-18-11-56(43(63)54-37(18)60)27-10-21(80-84(64,65)72-8-7-59)22(77-27)12-73-85(66,67)82-30-23(78-40(32(30)70-3)58-17-50-29-36(58)52-41(46)53-38(29)61)13-75-87(69,89)83-31-24(79-39(33(31)71-4)57-16-49-28-34(45)47-15-48-35(28)57)14-74-86(68,88)81-20-9-26(76-19(20)2)55-6-5-25(44)51-42(55)62/h5-6,11,15-17,19-24,26-27,30-33,39-40,59H,7-10,12-14H2,1-4H3,(H,64,65)(H,66,67)(H,68,88)(H,69,89)(H2,44,51,62)(H2,45,47,48)(H,54,60,63)(H3,46,52,53,61)/t19-,20?,21?,22-,23-,24-,26-,27-,30?,31?,32+,33+,39-,40-,86?,87?/m1/s1/i2D. The fraction of sp³-hybridized carbons (Fsp3) is 0.581. The highest BCUT2D eigenvalue weighted by molar-refractivity contribution is 8.07. The summed E-state index contributed by atoms with van der Waals surface area (Å²) in [6.45, 7) is -12.0. The van der Waals surface area contributed by atoms with Crippen LogP contribution in [0.2, 0.25) is 0 Å². The van der Waals surface area contributed by atoms with Crippen molar-refractivity contribution in [1.29, 1.82) is 0 Å². The van der Waals surface area contributed by atoms with Crippen LogP contribution in [0.3, 0.4) is 0 Å². The fourth-order valence-corrected chi connectivity index (χ4v) is 14.9. The number of aryl methyl sites for hydroxylation is 1. The summed E-state index contributed by atoms with van der Waals surface area (Å²) in [6.07, 6.45) is -14.1. The lowest BCUT2D eigenvalue weighted by molar-refractivity contribution is -0.0598. The van der Waals surface area contributed by atoms with Gasteiger partial charge in [-0.15, -0.1) is 0 Å². The number of anilines is 3. The molecule has 89 heavy (non-hydrogen) atoms. The molecule has 4 aliphatic rings. The molecule has 18 atom stereocenters. The molecule has 488 valence electrons. The Bertz CT molecular complexity index is 4060. The minimum absolute atomic E-state index is 0.000587. The van der Waals surface area contributed by atoms with Gasteiger partial charge >= 0.3 is 40.5 Å². The SMILES string of the molecule is [2H]C[C@H]1O[C@@H](n2ccc(N)nc2=O)CC1OP(O)(=S)OC[C@H]1O[C@@H](n2cnc3c(N)ncnc32)[C@@H](OC)C1OP(O)(=S)OC[C@H]1O[C@@H](n2cnc3c(=O)[nH]c(N)nc32)[C@@H](OC)C1OP(=O)(O)OC[C@H]1O[C@@H](n2cc(C)c(=O)[nH]c2=O)CC1OP(=O)(O)OCCO. The predicted molar refractivity (Wildman–Crippen MR) is 306 cm³/mol. The normalized spacial score (nSPS) is 30.1. The van der Waals surface area contributed by atoms with Crippen LogP contribution in [-0.2, 0) is 97.4 Å². The number of nitrogen functional groups attached to an aromatic ring is 3. The molecule has 46 heteroatoms. The first-order valence-corrected chi connectivity index (χ1v) is 34.3. The number of hydrogen-bond donors (Lipinski definition) is 10. The molecule has 40 nitrogen and oxygen atoms in total. The Morgan fingerprint density at radius 1 is 0.685 bits per heavy atom. The molecule has 0 aliphatic carbocycles. The Morgan fingerprint density at radius 2 is 1.29 bits per heavy atom. The van der Waals surface area contributed by atoms with E-state index >= 15 is 0 Å². The number of aliphatic hydroxyl groups is 1. The average molecular weight is 1380 g/mol. The van der Waals surface area contributed by atoms with E-state index in [9.17, 15) is 53.0 Å². The number of nitrogens with one attached hydrogen (secondary N) is 2. The Hall–Kier alpha value is -5.14. The number of methoxy groups -OCH3 is 2. The number of rotatable bonds is 26. The van der Waals surface area contributed by atoms with Crippen LogP contribution in [0.15, 0.2) is 56.6 Å².